The molecule has 0 aromatic carbocycles. The van der Waals surface area contributed by atoms with E-state index in [1.54, 1.807) is 6.26 Å². The summed E-state index contributed by atoms with van der Waals surface area (Å²) in [4.78, 5) is 25.0. The molecule has 0 saturated heterocycles. The number of allylic oxidation sites excluding steroid dienone is 3. The Morgan fingerprint density at radius 3 is 1.51 bits per heavy atom. The number of nitrogens with zero attached hydrogens (tertiary/aromatic N) is 1. The average molecular weight is 744 g/mol. The van der Waals surface area contributed by atoms with Gasteiger partial charge >= 0.3 is 5.97 Å². The zero-order chi connectivity index (χ0) is 37.7. The number of carbonyl (C=O) groups is 1. The number of phosphoric acid groups is 1. The molecule has 0 rings (SSSR count). The van der Waals surface area contributed by atoms with Crippen LogP contribution in [0.1, 0.15) is 187 Å². The van der Waals surface area contributed by atoms with Crippen LogP contribution < -0.4 is 4.89 Å². The fourth-order valence-electron chi connectivity index (χ4n) is 5.74. The predicted octanol–water partition coefficient (Wildman–Crippen LogP) is 11.8. The molecule has 0 aliphatic carbocycles. The van der Waals surface area contributed by atoms with Crippen LogP contribution in [0.25, 0.3) is 0 Å². The lowest BCUT2D eigenvalue weighted by Gasteiger charge is -2.28. The number of esters is 1. The summed E-state index contributed by atoms with van der Waals surface area (Å²) in [6.07, 6.45) is 39.9. The van der Waals surface area contributed by atoms with Gasteiger partial charge in [0.2, 0.25) is 0 Å². The molecule has 8 nitrogen and oxygen atoms in total. The molecule has 0 aliphatic rings. The lowest BCUT2D eigenvalue weighted by molar-refractivity contribution is -0.870. The van der Waals surface area contributed by atoms with E-state index in [4.69, 9.17) is 18.5 Å². The molecule has 0 heterocycles. The summed E-state index contributed by atoms with van der Waals surface area (Å²) >= 11 is 0. The minimum absolute atomic E-state index is 0.0164. The molecule has 302 valence electrons. The van der Waals surface area contributed by atoms with Gasteiger partial charge in [-0.1, -0.05) is 148 Å². The molecule has 0 spiro atoms. The maximum absolute atomic E-state index is 12.6. The summed E-state index contributed by atoms with van der Waals surface area (Å²) in [7, 11) is 1.32. The Bertz CT molecular complexity index is 874. The van der Waals surface area contributed by atoms with Crippen LogP contribution in [0.4, 0.5) is 0 Å². The summed E-state index contributed by atoms with van der Waals surface area (Å²) in [5.41, 5.74) is 0. The summed E-state index contributed by atoms with van der Waals surface area (Å²) in [5.74, 6) is -0.364. The molecule has 0 aliphatic heterocycles. The van der Waals surface area contributed by atoms with Gasteiger partial charge in [0.1, 0.15) is 19.8 Å². The van der Waals surface area contributed by atoms with Crippen LogP contribution >= 0.6 is 7.82 Å². The quantitative estimate of drug-likeness (QED) is 0.0154. The second-order valence-electron chi connectivity index (χ2n) is 15.4. The molecule has 1 unspecified atom stereocenters. The van der Waals surface area contributed by atoms with E-state index >= 15 is 0 Å². The van der Waals surface area contributed by atoms with E-state index in [9.17, 15) is 14.3 Å². The first kappa shape index (κ1) is 49.8. The Kier molecular flexibility index (Phi) is 35.0. The molecular formula is C42H82NO7P. The SMILES string of the molecule is CCCCCCCC/C=C\CCCCCCCC(=O)O[C@H](COC=CCCCCCCCCCCCCCC)COP(=O)([O-])OCC[N+](C)(C)C. The van der Waals surface area contributed by atoms with Gasteiger partial charge in [-0.25, -0.2) is 0 Å². The zero-order valence-corrected chi connectivity index (χ0v) is 35.0. The molecule has 0 aromatic rings. The molecule has 0 N–H and O–H groups in total. The van der Waals surface area contributed by atoms with Crippen LogP contribution in [0.15, 0.2) is 24.5 Å². The van der Waals surface area contributed by atoms with Crippen LogP contribution in [-0.4, -0.2) is 64.1 Å². The van der Waals surface area contributed by atoms with Gasteiger partial charge in [-0.15, -0.1) is 0 Å². The van der Waals surface area contributed by atoms with E-state index in [1.807, 2.05) is 27.2 Å². The predicted molar refractivity (Wildman–Crippen MR) is 213 cm³/mol. The first-order valence-corrected chi connectivity index (χ1v) is 22.6. The van der Waals surface area contributed by atoms with Gasteiger partial charge in [-0.2, -0.15) is 0 Å². The summed E-state index contributed by atoms with van der Waals surface area (Å²) in [5, 5.41) is 0. The number of carbonyl (C=O) groups excluding carboxylic acids is 1. The third-order valence-corrected chi connectivity index (χ3v) is 10.0. The van der Waals surface area contributed by atoms with E-state index in [0.717, 1.165) is 44.9 Å². The number of hydrogen-bond acceptors (Lipinski definition) is 7. The lowest BCUT2D eigenvalue weighted by Crippen LogP contribution is -2.37. The first-order chi connectivity index (χ1) is 24.6. The molecule has 2 atom stereocenters. The van der Waals surface area contributed by atoms with E-state index < -0.39 is 13.9 Å². The Morgan fingerprint density at radius 2 is 1.04 bits per heavy atom. The van der Waals surface area contributed by atoms with Crippen molar-refractivity contribution in [1.82, 2.24) is 0 Å². The highest BCUT2D eigenvalue weighted by atomic mass is 31.2. The molecule has 51 heavy (non-hydrogen) atoms. The van der Waals surface area contributed by atoms with Crippen LogP contribution in [0.2, 0.25) is 0 Å². The highest BCUT2D eigenvalue weighted by Gasteiger charge is 2.20. The minimum atomic E-state index is -4.54. The van der Waals surface area contributed by atoms with Crippen molar-refractivity contribution in [1.29, 1.82) is 0 Å². The van der Waals surface area contributed by atoms with Crippen molar-refractivity contribution in [2.45, 2.75) is 193 Å². The summed E-state index contributed by atoms with van der Waals surface area (Å²) in [6, 6.07) is 0. The third-order valence-electron chi connectivity index (χ3n) is 9.07. The van der Waals surface area contributed by atoms with Crippen molar-refractivity contribution in [2.24, 2.45) is 0 Å². The Hall–Kier alpha value is -1.18. The minimum Gasteiger partial charge on any atom is -0.756 e. The Labute approximate surface area is 315 Å². The van der Waals surface area contributed by atoms with Gasteiger partial charge in [0.05, 0.1) is 34.0 Å². The van der Waals surface area contributed by atoms with Crippen molar-refractivity contribution < 1.29 is 37.3 Å². The maximum Gasteiger partial charge on any atom is 0.306 e. The number of quaternary nitrogens is 1. The number of rotatable bonds is 39. The van der Waals surface area contributed by atoms with Crippen LogP contribution in [-0.2, 0) is 27.9 Å². The molecule has 0 radical (unpaired) electrons. The van der Waals surface area contributed by atoms with E-state index in [-0.39, 0.29) is 25.8 Å². The third kappa shape index (κ3) is 39.9. The highest BCUT2D eigenvalue weighted by molar-refractivity contribution is 7.45. The van der Waals surface area contributed by atoms with Gasteiger partial charge in [-0.3, -0.25) is 9.36 Å². The van der Waals surface area contributed by atoms with E-state index in [1.165, 1.54) is 122 Å². The van der Waals surface area contributed by atoms with Crippen molar-refractivity contribution in [3.05, 3.63) is 24.5 Å². The fraction of sp³-hybridized carbons (Fsp3) is 0.881. The number of ether oxygens (including phenoxy) is 2. The second kappa shape index (κ2) is 35.8. The van der Waals surface area contributed by atoms with Crippen molar-refractivity contribution in [2.75, 3.05) is 47.5 Å². The normalized spacial score (nSPS) is 14.0. The molecular weight excluding hydrogens is 661 g/mol. The summed E-state index contributed by atoms with van der Waals surface area (Å²) in [6.45, 7) is 4.73. The molecule has 0 bridgehead atoms. The number of likely N-dealkylation sites (N-methyl/N-ethyl adjacent to an activating group) is 1. The molecule has 0 fully saturated rings. The Morgan fingerprint density at radius 1 is 0.608 bits per heavy atom. The number of hydrogen-bond donors (Lipinski definition) is 0. The van der Waals surface area contributed by atoms with Gasteiger partial charge in [0.15, 0.2) is 6.10 Å². The van der Waals surface area contributed by atoms with Gasteiger partial charge < -0.3 is 27.9 Å². The van der Waals surface area contributed by atoms with Gasteiger partial charge in [0, 0.05) is 6.42 Å². The molecule has 0 aromatic heterocycles. The second-order valence-corrected chi connectivity index (χ2v) is 16.8. The fourth-order valence-corrected chi connectivity index (χ4v) is 6.47. The van der Waals surface area contributed by atoms with Crippen molar-refractivity contribution in [3.8, 4) is 0 Å². The topological polar surface area (TPSA) is 94.1 Å². The van der Waals surface area contributed by atoms with Crippen LogP contribution in [0, 0.1) is 0 Å². The van der Waals surface area contributed by atoms with Crippen LogP contribution in [0.5, 0.6) is 0 Å². The Balaban J connectivity index is 4.32. The smallest absolute Gasteiger partial charge is 0.306 e. The van der Waals surface area contributed by atoms with Gasteiger partial charge in [0.25, 0.3) is 7.82 Å². The largest absolute Gasteiger partial charge is 0.756 e. The van der Waals surface area contributed by atoms with Crippen molar-refractivity contribution >= 4 is 13.8 Å². The molecule has 0 amide bonds. The van der Waals surface area contributed by atoms with E-state index in [0.29, 0.717) is 17.4 Å². The number of phosphoric ester groups is 1. The van der Waals surface area contributed by atoms with Crippen LogP contribution in [0.3, 0.4) is 0 Å². The zero-order valence-electron chi connectivity index (χ0n) is 34.1. The van der Waals surface area contributed by atoms with E-state index in [2.05, 4.69) is 26.0 Å². The lowest BCUT2D eigenvalue weighted by atomic mass is 10.0. The summed E-state index contributed by atoms with van der Waals surface area (Å²) < 4.78 is 34.3. The highest BCUT2D eigenvalue weighted by Crippen LogP contribution is 2.38. The average Bonchev–Trinajstić information content (AvgIpc) is 3.08. The first-order valence-electron chi connectivity index (χ1n) is 21.1. The molecule has 0 saturated carbocycles. The standard InChI is InChI=1S/C42H82NO7P/c1-6-8-10-12-14-16-18-20-22-23-25-27-29-31-33-35-42(44)50-41(40-49-51(45,46)48-38-36-43(3,4)5)39-47-37-34-32-30-28-26-24-21-19-17-15-13-11-9-7-2/h20,22,34,37,41H,6-19,21,23-33,35-36,38-40H2,1-5H3/b22-20-,37-34?/t41-/m1/s1. The number of unbranched alkanes of at least 4 members (excludes halogenated alkanes) is 23. The molecule has 9 heteroatoms. The monoisotopic (exact) mass is 744 g/mol. The van der Waals surface area contributed by atoms with Crippen molar-refractivity contribution in [3.63, 3.8) is 0 Å². The maximum atomic E-state index is 12.6. The van der Waals surface area contributed by atoms with Gasteiger partial charge in [-0.05, 0) is 51.0 Å².